The molecule has 1 heterocycles. The van der Waals surface area contributed by atoms with E-state index in [-0.39, 0.29) is 18.0 Å². The summed E-state index contributed by atoms with van der Waals surface area (Å²) in [5, 5.41) is 0.660. The minimum atomic E-state index is -0.421. The smallest absolute Gasteiger partial charge is 0.169 e. The zero-order valence-corrected chi connectivity index (χ0v) is 11.8. The van der Waals surface area contributed by atoms with Crippen molar-refractivity contribution in [2.45, 2.75) is 6.42 Å². The fraction of sp³-hybridized carbons (Fsp3) is 0.118. The van der Waals surface area contributed by atoms with E-state index < -0.39 is 5.82 Å². The van der Waals surface area contributed by atoms with Crippen LogP contribution in [0.4, 0.5) is 8.78 Å². The number of carbonyl (C=O) groups excluding carboxylic acids is 1. The van der Waals surface area contributed by atoms with Crippen LogP contribution in [0, 0.1) is 11.6 Å². The third-order valence-corrected chi connectivity index (χ3v) is 3.54. The van der Waals surface area contributed by atoms with Crippen molar-refractivity contribution in [2.24, 2.45) is 0 Å². The fourth-order valence-electron chi connectivity index (χ4n) is 2.46. The lowest BCUT2D eigenvalue weighted by atomic mass is 10.0. The molecule has 0 saturated carbocycles. The van der Waals surface area contributed by atoms with E-state index in [9.17, 15) is 13.6 Å². The highest BCUT2D eigenvalue weighted by Crippen LogP contribution is 2.24. The van der Waals surface area contributed by atoms with Gasteiger partial charge in [0.25, 0.3) is 0 Å². The number of rotatable bonds is 4. The number of carbonyl (C=O) groups is 1. The Labute approximate surface area is 125 Å². The van der Waals surface area contributed by atoms with Gasteiger partial charge in [0.2, 0.25) is 0 Å². The summed E-state index contributed by atoms with van der Waals surface area (Å²) in [6.07, 6.45) is 1.64. The molecule has 0 aliphatic heterocycles. The number of fused-ring (bicyclic) bond motifs is 1. The molecule has 0 radical (unpaired) electrons. The highest BCUT2D eigenvalue weighted by Gasteiger charge is 2.15. The monoisotopic (exact) mass is 301 g/mol. The van der Waals surface area contributed by atoms with E-state index in [1.165, 1.54) is 37.4 Å². The van der Waals surface area contributed by atoms with Crippen molar-refractivity contribution in [3.63, 3.8) is 0 Å². The van der Waals surface area contributed by atoms with Crippen LogP contribution in [-0.2, 0) is 6.42 Å². The number of aromatic nitrogens is 1. The Kier molecular flexibility index (Phi) is 3.63. The summed E-state index contributed by atoms with van der Waals surface area (Å²) in [5.74, 6) is -0.605. The Morgan fingerprint density at radius 2 is 1.86 bits per heavy atom. The first kappa shape index (κ1) is 14.3. The molecule has 0 atom stereocenters. The van der Waals surface area contributed by atoms with E-state index in [1.54, 1.807) is 12.3 Å². The number of nitrogens with one attached hydrogen (secondary N) is 1. The molecule has 3 nitrogen and oxygen atoms in total. The standard InChI is InChI=1S/C17H13F2NO2/c1-22-17-8-12(19)3-2-10(17)6-16(21)14-9-20-15-7-11(18)4-5-13(14)15/h2-5,7-9,20H,6H2,1H3. The predicted molar refractivity (Wildman–Crippen MR) is 79.2 cm³/mol. The summed E-state index contributed by atoms with van der Waals surface area (Å²) in [5.41, 5.74) is 1.64. The lowest BCUT2D eigenvalue weighted by molar-refractivity contribution is 0.0993. The average Bonchev–Trinajstić information content (AvgIpc) is 2.91. The van der Waals surface area contributed by atoms with Gasteiger partial charge >= 0.3 is 0 Å². The first-order chi connectivity index (χ1) is 10.6. The Morgan fingerprint density at radius 3 is 2.64 bits per heavy atom. The van der Waals surface area contributed by atoms with Crippen LogP contribution in [-0.4, -0.2) is 17.9 Å². The second-order valence-electron chi connectivity index (χ2n) is 4.95. The average molecular weight is 301 g/mol. The molecule has 0 amide bonds. The van der Waals surface area contributed by atoms with E-state index in [0.717, 1.165) is 0 Å². The third kappa shape index (κ3) is 2.57. The van der Waals surface area contributed by atoms with Gasteiger partial charge in [0.1, 0.15) is 17.4 Å². The molecule has 0 spiro atoms. The van der Waals surface area contributed by atoms with Crippen molar-refractivity contribution in [1.29, 1.82) is 0 Å². The maximum atomic E-state index is 13.2. The first-order valence-corrected chi connectivity index (χ1v) is 6.70. The molecule has 1 N–H and O–H groups in total. The molecular formula is C17H13F2NO2. The van der Waals surface area contributed by atoms with E-state index in [2.05, 4.69) is 4.98 Å². The quantitative estimate of drug-likeness (QED) is 0.743. The highest BCUT2D eigenvalue weighted by atomic mass is 19.1. The number of Topliss-reactive ketones (excluding diaryl/α,β-unsaturated/α-hetero) is 1. The van der Waals surface area contributed by atoms with Crippen molar-refractivity contribution in [3.8, 4) is 5.75 Å². The van der Waals surface area contributed by atoms with Crippen LogP contribution in [0.1, 0.15) is 15.9 Å². The van der Waals surface area contributed by atoms with Crippen LogP contribution in [0.15, 0.2) is 42.6 Å². The van der Waals surface area contributed by atoms with E-state index in [1.807, 2.05) is 0 Å². The van der Waals surface area contributed by atoms with Crippen LogP contribution in [0.25, 0.3) is 10.9 Å². The summed E-state index contributed by atoms with van der Waals surface area (Å²) < 4.78 is 31.5. The van der Waals surface area contributed by atoms with Gasteiger partial charge in [-0.05, 0) is 24.3 Å². The molecule has 112 valence electrons. The number of aromatic amines is 1. The normalized spacial score (nSPS) is 10.9. The molecule has 0 unspecified atom stereocenters. The molecule has 0 saturated heterocycles. The van der Waals surface area contributed by atoms with Gasteiger partial charge in [-0.1, -0.05) is 6.07 Å². The van der Waals surface area contributed by atoms with Gasteiger partial charge in [-0.25, -0.2) is 8.78 Å². The second-order valence-corrected chi connectivity index (χ2v) is 4.95. The van der Waals surface area contributed by atoms with E-state index in [4.69, 9.17) is 4.74 Å². The van der Waals surface area contributed by atoms with Crippen molar-refractivity contribution >= 4 is 16.7 Å². The molecule has 22 heavy (non-hydrogen) atoms. The fourth-order valence-corrected chi connectivity index (χ4v) is 2.46. The first-order valence-electron chi connectivity index (χ1n) is 6.70. The van der Waals surface area contributed by atoms with Crippen molar-refractivity contribution in [2.75, 3.05) is 7.11 Å². The molecule has 0 aliphatic rings. The SMILES string of the molecule is COc1cc(F)ccc1CC(=O)c1c[nH]c2cc(F)ccc12. The largest absolute Gasteiger partial charge is 0.496 e. The Bertz CT molecular complexity index is 855. The van der Waals surface area contributed by atoms with Gasteiger partial charge in [-0.2, -0.15) is 0 Å². The Hall–Kier alpha value is -2.69. The summed E-state index contributed by atoms with van der Waals surface area (Å²) in [6, 6.07) is 8.27. The van der Waals surface area contributed by atoms with Gasteiger partial charge in [-0.3, -0.25) is 4.79 Å². The summed E-state index contributed by atoms with van der Waals surface area (Å²) in [4.78, 5) is 15.3. The van der Waals surface area contributed by atoms with Gasteiger partial charge < -0.3 is 9.72 Å². The zero-order chi connectivity index (χ0) is 15.7. The number of benzene rings is 2. The maximum Gasteiger partial charge on any atom is 0.169 e. The van der Waals surface area contributed by atoms with Crippen LogP contribution >= 0.6 is 0 Å². The lowest BCUT2D eigenvalue weighted by Gasteiger charge is -2.07. The Balaban J connectivity index is 1.94. The molecule has 0 bridgehead atoms. The zero-order valence-electron chi connectivity index (χ0n) is 11.8. The Morgan fingerprint density at radius 1 is 1.14 bits per heavy atom. The number of hydrogen-bond acceptors (Lipinski definition) is 2. The number of methoxy groups -OCH3 is 1. The van der Waals surface area contributed by atoms with Crippen molar-refractivity contribution < 1.29 is 18.3 Å². The summed E-state index contributed by atoms with van der Waals surface area (Å²) in [6.45, 7) is 0. The second kappa shape index (κ2) is 5.60. The van der Waals surface area contributed by atoms with Gasteiger partial charge in [0, 0.05) is 40.7 Å². The van der Waals surface area contributed by atoms with Gasteiger partial charge in [0.15, 0.2) is 5.78 Å². The number of halogens is 2. The summed E-state index contributed by atoms with van der Waals surface area (Å²) >= 11 is 0. The van der Waals surface area contributed by atoms with Crippen LogP contribution in [0.5, 0.6) is 5.75 Å². The van der Waals surface area contributed by atoms with Crippen molar-refractivity contribution in [3.05, 3.63) is 65.4 Å². The number of ketones is 1. The molecule has 1 aromatic heterocycles. The predicted octanol–water partition coefficient (Wildman–Crippen LogP) is 3.88. The number of ether oxygens (including phenoxy) is 1. The third-order valence-electron chi connectivity index (χ3n) is 3.54. The minimum Gasteiger partial charge on any atom is -0.496 e. The highest BCUT2D eigenvalue weighted by molar-refractivity contribution is 6.08. The number of hydrogen-bond donors (Lipinski definition) is 1. The molecule has 3 aromatic rings. The molecule has 0 aliphatic carbocycles. The maximum absolute atomic E-state index is 13.2. The molecule has 5 heteroatoms. The van der Waals surface area contributed by atoms with Crippen LogP contribution in [0.2, 0.25) is 0 Å². The summed E-state index contributed by atoms with van der Waals surface area (Å²) in [7, 11) is 1.43. The lowest BCUT2D eigenvalue weighted by Crippen LogP contribution is -2.04. The van der Waals surface area contributed by atoms with Crippen molar-refractivity contribution in [1.82, 2.24) is 4.98 Å². The topological polar surface area (TPSA) is 42.1 Å². The number of H-pyrrole nitrogens is 1. The van der Waals surface area contributed by atoms with Crippen LogP contribution in [0.3, 0.4) is 0 Å². The molecule has 3 rings (SSSR count). The molecule has 2 aromatic carbocycles. The van der Waals surface area contributed by atoms with Crippen LogP contribution < -0.4 is 4.74 Å². The van der Waals surface area contributed by atoms with E-state index >= 15 is 0 Å². The molecule has 0 fully saturated rings. The van der Waals surface area contributed by atoms with Gasteiger partial charge in [0.05, 0.1) is 7.11 Å². The minimum absolute atomic E-state index is 0.0772. The molecular weight excluding hydrogens is 288 g/mol. The van der Waals surface area contributed by atoms with E-state index in [0.29, 0.717) is 27.8 Å². The van der Waals surface area contributed by atoms with Gasteiger partial charge in [-0.15, -0.1) is 0 Å².